The summed E-state index contributed by atoms with van der Waals surface area (Å²) in [6, 6.07) is 11.4. The Morgan fingerprint density at radius 3 is 2.56 bits per heavy atom. The standard InChI is InChI=1S/C22H21BN4O5/c23-25-12-13-4-6-14(7-5-13)32-11-10-24-16-3-1-2-15-19(16)22(31)27(21(15)30)17-8-9-18(28)26-20(17)29/h1-7,17,24-25H,8-12H2,(H,26,28,29). The highest BCUT2D eigenvalue weighted by Gasteiger charge is 2.45. The molecule has 2 aromatic rings. The zero-order valence-electron chi connectivity index (χ0n) is 17.2. The van der Waals surface area contributed by atoms with E-state index in [0.29, 0.717) is 31.1 Å². The van der Waals surface area contributed by atoms with Crippen molar-refractivity contribution in [1.29, 1.82) is 0 Å². The van der Waals surface area contributed by atoms with Crippen molar-refractivity contribution in [2.45, 2.75) is 25.4 Å². The normalized spacial score (nSPS) is 17.9. The van der Waals surface area contributed by atoms with Gasteiger partial charge in [0, 0.05) is 25.2 Å². The molecule has 32 heavy (non-hydrogen) atoms. The molecule has 2 heterocycles. The van der Waals surface area contributed by atoms with Crippen LogP contribution in [0.1, 0.15) is 39.1 Å². The molecular weight excluding hydrogens is 411 g/mol. The molecule has 1 fully saturated rings. The van der Waals surface area contributed by atoms with Crippen LogP contribution in [-0.2, 0) is 16.1 Å². The van der Waals surface area contributed by atoms with Crippen LogP contribution in [0.25, 0.3) is 0 Å². The lowest BCUT2D eigenvalue weighted by molar-refractivity contribution is -0.136. The summed E-state index contributed by atoms with van der Waals surface area (Å²) < 4.78 is 5.71. The minimum atomic E-state index is -0.992. The molecule has 3 N–H and O–H groups in total. The molecule has 4 amide bonds. The van der Waals surface area contributed by atoms with Crippen LogP contribution >= 0.6 is 0 Å². The molecule has 1 saturated heterocycles. The van der Waals surface area contributed by atoms with E-state index in [2.05, 4.69) is 15.9 Å². The van der Waals surface area contributed by atoms with Crippen LogP contribution < -0.4 is 20.6 Å². The van der Waals surface area contributed by atoms with Crippen LogP contribution in [0.2, 0.25) is 0 Å². The highest BCUT2D eigenvalue weighted by atomic mass is 16.5. The van der Waals surface area contributed by atoms with E-state index in [-0.39, 0.29) is 24.0 Å². The molecule has 0 saturated carbocycles. The lowest BCUT2D eigenvalue weighted by Gasteiger charge is -2.27. The average Bonchev–Trinajstić information content (AvgIpc) is 3.04. The molecule has 162 valence electrons. The largest absolute Gasteiger partial charge is 0.492 e. The van der Waals surface area contributed by atoms with Crippen molar-refractivity contribution in [3.05, 3.63) is 59.2 Å². The van der Waals surface area contributed by atoms with E-state index in [0.717, 1.165) is 10.5 Å². The van der Waals surface area contributed by atoms with E-state index >= 15 is 0 Å². The Bertz CT molecular complexity index is 1070. The first-order valence-electron chi connectivity index (χ1n) is 10.2. The lowest BCUT2D eigenvalue weighted by Crippen LogP contribution is -2.54. The predicted octanol–water partition coefficient (Wildman–Crippen LogP) is 0.752. The summed E-state index contributed by atoms with van der Waals surface area (Å²) in [6.45, 7) is 1.28. The number of imide groups is 2. The van der Waals surface area contributed by atoms with Crippen molar-refractivity contribution in [3.63, 3.8) is 0 Å². The minimum absolute atomic E-state index is 0.0793. The number of anilines is 1. The van der Waals surface area contributed by atoms with Gasteiger partial charge < -0.3 is 15.3 Å². The van der Waals surface area contributed by atoms with E-state index < -0.39 is 29.7 Å². The third kappa shape index (κ3) is 4.22. The molecule has 2 aromatic carbocycles. The highest BCUT2D eigenvalue weighted by molar-refractivity contribution is 6.25. The smallest absolute Gasteiger partial charge is 0.264 e. The Kier molecular flexibility index (Phi) is 6.22. The van der Waals surface area contributed by atoms with Gasteiger partial charge in [0.15, 0.2) is 7.98 Å². The Labute approximate surface area is 185 Å². The number of hydrogen-bond acceptors (Lipinski definition) is 7. The summed E-state index contributed by atoms with van der Waals surface area (Å²) in [4.78, 5) is 50.5. The summed E-state index contributed by atoms with van der Waals surface area (Å²) in [5, 5.41) is 7.91. The van der Waals surface area contributed by atoms with Gasteiger partial charge in [-0.05, 0) is 36.2 Å². The molecule has 10 heteroatoms. The SMILES string of the molecule is [B]NCc1ccc(OCCNc2cccc3c2C(=O)N(C2CCC(=O)NC2=O)C3=O)cc1. The molecule has 0 bridgehead atoms. The van der Waals surface area contributed by atoms with E-state index in [1.54, 1.807) is 18.2 Å². The fourth-order valence-corrected chi connectivity index (χ4v) is 3.84. The Balaban J connectivity index is 1.40. The number of benzene rings is 2. The number of ether oxygens (including phenoxy) is 1. The molecule has 1 unspecified atom stereocenters. The van der Waals surface area contributed by atoms with Crippen molar-refractivity contribution in [1.82, 2.24) is 15.4 Å². The fourth-order valence-electron chi connectivity index (χ4n) is 3.84. The maximum Gasteiger partial charge on any atom is 0.264 e. The van der Waals surface area contributed by atoms with E-state index in [4.69, 9.17) is 12.7 Å². The van der Waals surface area contributed by atoms with Gasteiger partial charge in [-0.1, -0.05) is 18.2 Å². The van der Waals surface area contributed by atoms with Crippen molar-refractivity contribution in [2.24, 2.45) is 0 Å². The number of rotatable bonds is 8. The number of nitrogens with zero attached hydrogens (tertiary/aromatic N) is 1. The van der Waals surface area contributed by atoms with Gasteiger partial charge in [0.1, 0.15) is 18.4 Å². The number of fused-ring (bicyclic) bond motifs is 1. The molecule has 2 radical (unpaired) electrons. The summed E-state index contributed by atoms with van der Waals surface area (Å²) in [6.07, 6.45) is 0.197. The second kappa shape index (κ2) is 9.23. The molecule has 2 aliphatic heterocycles. The second-order valence-corrected chi connectivity index (χ2v) is 7.48. The second-order valence-electron chi connectivity index (χ2n) is 7.48. The zero-order valence-corrected chi connectivity index (χ0v) is 17.2. The van der Waals surface area contributed by atoms with Gasteiger partial charge in [-0.25, -0.2) is 0 Å². The molecule has 0 spiro atoms. The quantitative estimate of drug-likeness (QED) is 0.320. The van der Waals surface area contributed by atoms with Crippen LogP contribution in [0.15, 0.2) is 42.5 Å². The van der Waals surface area contributed by atoms with Crippen molar-refractivity contribution < 1.29 is 23.9 Å². The summed E-state index contributed by atoms with van der Waals surface area (Å²) in [5.41, 5.74) is 1.97. The number of hydrogen-bond donors (Lipinski definition) is 3. The monoisotopic (exact) mass is 432 g/mol. The molecule has 9 nitrogen and oxygen atoms in total. The van der Waals surface area contributed by atoms with Gasteiger partial charge in [0.25, 0.3) is 11.8 Å². The third-order valence-electron chi connectivity index (χ3n) is 5.38. The topological polar surface area (TPSA) is 117 Å². The average molecular weight is 432 g/mol. The van der Waals surface area contributed by atoms with E-state index in [9.17, 15) is 19.2 Å². The van der Waals surface area contributed by atoms with Gasteiger partial charge in [0.2, 0.25) is 11.8 Å². The van der Waals surface area contributed by atoms with Crippen LogP contribution in [0.4, 0.5) is 5.69 Å². The maximum absolute atomic E-state index is 13.0. The molecule has 2 aliphatic rings. The van der Waals surface area contributed by atoms with Gasteiger partial charge >= 0.3 is 0 Å². The molecule has 4 rings (SSSR count). The van der Waals surface area contributed by atoms with Gasteiger partial charge in [-0.2, -0.15) is 0 Å². The summed E-state index contributed by atoms with van der Waals surface area (Å²) in [5.74, 6) is -1.43. The number of piperidine rings is 1. The van der Waals surface area contributed by atoms with Crippen LogP contribution in [-0.4, -0.2) is 55.7 Å². The number of amides is 4. The first-order chi connectivity index (χ1) is 15.5. The Morgan fingerprint density at radius 1 is 1.06 bits per heavy atom. The van der Waals surface area contributed by atoms with E-state index in [1.807, 2.05) is 24.3 Å². The first-order valence-corrected chi connectivity index (χ1v) is 10.2. The fraction of sp³-hybridized carbons (Fsp3) is 0.273. The first kappa shape index (κ1) is 21.6. The highest BCUT2D eigenvalue weighted by Crippen LogP contribution is 2.32. The van der Waals surface area contributed by atoms with E-state index in [1.165, 1.54) is 0 Å². The minimum Gasteiger partial charge on any atom is -0.492 e. The molecule has 1 atom stereocenters. The summed E-state index contributed by atoms with van der Waals surface area (Å²) in [7, 11) is 5.30. The number of carbonyl (C=O) groups is 4. The Hall–Kier alpha value is -3.66. The Morgan fingerprint density at radius 2 is 1.84 bits per heavy atom. The third-order valence-corrected chi connectivity index (χ3v) is 5.38. The van der Waals surface area contributed by atoms with Gasteiger partial charge in [-0.3, -0.25) is 29.4 Å². The molecule has 0 aromatic heterocycles. The van der Waals surface area contributed by atoms with Crippen molar-refractivity contribution in [2.75, 3.05) is 18.5 Å². The van der Waals surface area contributed by atoms with Crippen LogP contribution in [0.5, 0.6) is 5.75 Å². The molecular formula is C22H21BN4O5. The number of carbonyl (C=O) groups excluding carboxylic acids is 4. The van der Waals surface area contributed by atoms with Crippen LogP contribution in [0.3, 0.4) is 0 Å². The lowest BCUT2D eigenvalue weighted by atomic mass is 10.0. The summed E-state index contributed by atoms with van der Waals surface area (Å²) >= 11 is 0. The zero-order chi connectivity index (χ0) is 22.7. The molecule has 0 aliphatic carbocycles. The van der Waals surface area contributed by atoms with Crippen LogP contribution in [0, 0.1) is 0 Å². The van der Waals surface area contributed by atoms with Crippen molar-refractivity contribution in [3.8, 4) is 5.75 Å². The van der Waals surface area contributed by atoms with Gasteiger partial charge in [-0.15, -0.1) is 0 Å². The van der Waals surface area contributed by atoms with Gasteiger partial charge in [0.05, 0.1) is 11.1 Å². The van der Waals surface area contributed by atoms with Crippen molar-refractivity contribution >= 4 is 37.3 Å². The number of nitrogens with one attached hydrogen (secondary N) is 3. The maximum atomic E-state index is 13.0. The predicted molar refractivity (Wildman–Crippen MR) is 116 cm³/mol.